The summed E-state index contributed by atoms with van der Waals surface area (Å²) in [7, 11) is 3.19. The highest BCUT2D eigenvalue weighted by Gasteiger charge is 2.11. The van der Waals surface area contributed by atoms with Crippen LogP contribution in [0.5, 0.6) is 17.2 Å². The fourth-order valence-corrected chi connectivity index (χ4v) is 2.44. The number of anilines is 1. The molecule has 0 saturated heterocycles. The van der Waals surface area contributed by atoms with Crippen molar-refractivity contribution in [1.29, 1.82) is 0 Å². The fraction of sp³-hybridized carbons (Fsp3) is 0.316. The monoisotopic (exact) mass is 505 g/mol. The lowest BCUT2D eigenvalue weighted by Crippen LogP contribution is -2.27. The van der Waals surface area contributed by atoms with Crippen LogP contribution in [0.2, 0.25) is 5.02 Å². The van der Waals surface area contributed by atoms with Crippen LogP contribution in [-0.2, 0) is 0 Å². The quantitative estimate of drug-likeness (QED) is 0.312. The molecule has 0 aliphatic rings. The van der Waals surface area contributed by atoms with Crippen LogP contribution >= 0.6 is 35.6 Å². The Morgan fingerprint density at radius 1 is 1.15 bits per heavy atom. The van der Waals surface area contributed by atoms with Crippen molar-refractivity contribution in [2.24, 2.45) is 10.7 Å². The van der Waals surface area contributed by atoms with Gasteiger partial charge in [-0.2, -0.15) is 0 Å². The highest BCUT2D eigenvalue weighted by atomic mass is 127. The summed E-state index contributed by atoms with van der Waals surface area (Å²) >= 11 is 6.13. The predicted octanol–water partition coefficient (Wildman–Crippen LogP) is 4.56. The molecule has 27 heavy (non-hydrogen) atoms. The molecule has 6 nitrogen and oxygen atoms in total. The minimum atomic E-state index is -0.137. The molecule has 0 bridgehead atoms. The van der Waals surface area contributed by atoms with Crippen molar-refractivity contribution < 1.29 is 14.2 Å². The molecule has 1 atom stereocenters. The van der Waals surface area contributed by atoms with Gasteiger partial charge in [0.25, 0.3) is 0 Å². The third-order valence-electron chi connectivity index (χ3n) is 3.72. The van der Waals surface area contributed by atoms with Gasteiger partial charge in [0.15, 0.2) is 5.96 Å². The maximum atomic E-state index is 6.13. The number of nitrogens with two attached hydrogens (primary N) is 1. The molecule has 148 valence electrons. The normalized spacial score (nSPS) is 11.9. The number of nitrogens with one attached hydrogen (secondary N) is 1. The van der Waals surface area contributed by atoms with E-state index < -0.39 is 0 Å². The van der Waals surface area contributed by atoms with E-state index in [0.717, 1.165) is 6.42 Å². The standard InChI is InChI=1S/C19H24ClN3O3.HI/c1-4-13(26-17-8-6-5-7-15(17)20)12-22-19(21)23-16-11-14(24-2)9-10-18(16)25-3;/h5-11,13H,4,12H2,1-3H3,(H3,21,22,23);1H. The van der Waals surface area contributed by atoms with E-state index in [1.165, 1.54) is 0 Å². The second kappa shape index (κ2) is 11.8. The molecule has 0 spiro atoms. The maximum Gasteiger partial charge on any atom is 0.193 e. The predicted molar refractivity (Wildman–Crippen MR) is 121 cm³/mol. The zero-order chi connectivity index (χ0) is 18.9. The number of nitrogens with zero attached hydrogens (tertiary/aromatic N) is 1. The van der Waals surface area contributed by atoms with Gasteiger partial charge in [-0.25, -0.2) is 4.99 Å². The van der Waals surface area contributed by atoms with E-state index >= 15 is 0 Å². The Morgan fingerprint density at radius 3 is 2.52 bits per heavy atom. The van der Waals surface area contributed by atoms with E-state index in [0.29, 0.717) is 34.5 Å². The van der Waals surface area contributed by atoms with Crippen LogP contribution in [0.15, 0.2) is 47.5 Å². The van der Waals surface area contributed by atoms with Crippen LogP contribution in [0.3, 0.4) is 0 Å². The molecule has 0 heterocycles. The van der Waals surface area contributed by atoms with Gasteiger partial charge in [-0.05, 0) is 30.7 Å². The van der Waals surface area contributed by atoms with E-state index in [2.05, 4.69) is 10.3 Å². The van der Waals surface area contributed by atoms with Crippen molar-refractivity contribution in [3.05, 3.63) is 47.5 Å². The Kier molecular flexibility index (Phi) is 10.1. The first-order valence-corrected chi connectivity index (χ1v) is 8.65. The maximum absolute atomic E-state index is 6.13. The van der Waals surface area contributed by atoms with E-state index in [1.807, 2.05) is 31.2 Å². The highest BCUT2D eigenvalue weighted by Crippen LogP contribution is 2.28. The molecule has 8 heteroatoms. The summed E-state index contributed by atoms with van der Waals surface area (Å²) in [5.74, 6) is 2.23. The van der Waals surface area contributed by atoms with Crippen LogP contribution in [0.1, 0.15) is 13.3 Å². The van der Waals surface area contributed by atoms with Gasteiger partial charge in [0.1, 0.15) is 23.4 Å². The molecular weight excluding hydrogens is 481 g/mol. The number of hydrogen-bond donors (Lipinski definition) is 2. The number of para-hydroxylation sites is 1. The average molecular weight is 506 g/mol. The SMILES string of the molecule is CCC(CN=C(N)Nc1cc(OC)ccc1OC)Oc1ccccc1Cl.I. The lowest BCUT2D eigenvalue weighted by atomic mass is 10.2. The number of guanidine groups is 1. The third kappa shape index (κ3) is 6.99. The first kappa shape index (κ1) is 23.2. The van der Waals surface area contributed by atoms with Crippen molar-refractivity contribution in [3.63, 3.8) is 0 Å². The minimum Gasteiger partial charge on any atom is -0.497 e. The van der Waals surface area contributed by atoms with Gasteiger partial charge < -0.3 is 25.3 Å². The summed E-state index contributed by atoms with van der Waals surface area (Å²) in [5.41, 5.74) is 6.68. The zero-order valence-corrected chi connectivity index (χ0v) is 18.7. The first-order valence-electron chi connectivity index (χ1n) is 8.27. The second-order valence-corrected chi connectivity index (χ2v) is 5.90. The van der Waals surface area contributed by atoms with E-state index in [9.17, 15) is 0 Å². The Morgan fingerprint density at radius 2 is 1.89 bits per heavy atom. The molecule has 0 radical (unpaired) electrons. The molecule has 0 fully saturated rings. The molecular formula is C19H25ClIN3O3. The summed E-state index contributed by atoms with van der Waals surface area (Å²) in [4.78, 5) is 4.37. The average Bonchev–Trinajstić information content (AvgIpc) is 2.66. The molecule has 0 aliphatic heterocycles. The summed E-state index contributed by atoms with van der Waals surface area (Å²) in [6.45, 7) is 2.42. The van der Waals surface area contributed by atoms with Gasteiger partial charge in [0.2, 0.25) is 0 Å². The third-order valence-corrected chi connectivity index (χ3v) is 4.03. The number of rotatable bonds is 8. The number of hydrogen-bond acceptors (Lipinski definition) is 4. The smallest absolute Gasteiger partial charge is 0.193 e. The Labute approximate surface area is 182 Å². The van der Waals surface area contributed by atoms with Crippen LogP contribution < -0.4 is 25.3 Å². The molecule has 0 amide bonds. The van der Waals surface area contributed by atoms with Crippen molar-refractivity contribution >= 4 is 47.2 Å². The molecule has 2 aromatic carbocycles. The Balaban J connectivity index is 0.00000364. The van der Waals surface area contributed by atoms with Crippen molar-refractivity contribution in [2.75, 3.05) is 26.1 Å². The van der Waals surface area contributed by atoms with E-state index in [-0.39, 0.29) is 36.0 Å². The molecule has 0 aliphatic carbocycles. The van der Waals surface area contributed by atoms with Gasteiger partial charge >= 0.3 is 0 Å². The van der Waals surface area contributed by atoms with Crippen LogP contribution in [0.4, 0.5) is 5.69 Å². The van der Waals surface area contributed by atoms with Crippen LogP contribution in [-0.4, -0.2) is 32.8 Å². The highest BCUT2D eigenvalue weighted by molar-refractivity contribution is 14.0. The number of ether oxygens (including phenoxy) is 3. The van der Waals surface area contributed by atoms with Crippen molar-refractivity contribution in [3.8, 4) is 17.2 Å². The van der Waals surface area contributed by atoms with Crippen molar-refractivity contribution in [1.82, 2.24) is 0 Å². The fourth-order valence-electron chi connectivity index (χ4n) is 2.26. The van der Waals surface area contributed by atoms with Crippen molar-refractivity contribution in [2.45, 2.75) is 19.4 Å². The number of benzene rings is 2. The zero-order valence-electron chi connectivity index (χ0n) is 15.6. The number of halogens is 2. The van der Waals surface area contributed by atoms with Crippen LogP contribution in [0.25, 0.3) is 0 Å². The summed E-state index contributed by atoms with van der Waals surface area (Å²) in [6, 6.07) is 12.7. The lowest BCUT2D eigenvalue weighted by Gasteiger charge is -2.17. The number of methoxy groups -OCH3 is 2. The second-order valence-electron chi connectivity index (χ2n) is 5.50. The van der Waals surface area contributed by atoms with Gasteiger partial charge in [0, 0.05) is 6.07 Å². The van der Waals surface area contributed by atoms with Gasteiger partial charge in [-0.3, -0.25) is 0 Å². The van der Waals surface area contributed by atoms with E-state index in [1.54, 1.807) is 32.4 Å². The molecule has 0 aromatic heterocycles. The molecule has 0 saturated carbocycles. The van der Waals surface area contributed by atoms with Crippen LogP contribution in [0, 0.1) is 0 Å². The lowest BCUT2D eigenvalue weighted by molar-refractivity contribution is 0.206. The molecule has 3 N–H and O–H groups in total. The summed E-state index contributed by atoms with van der Waals surface area (Å²) in [5, 5.41) is 3.60. The summed E-state index contributed by atoms with van der Waals surface area (Å²) in [6.07, 6.45) is 0.632. The largest absolute Gasteiger partial charge is 0.497 e. The topological polar surface area (TPSA) is 78.1 Å². The number of aliphatic imine (C=N–C) groups is 1. The van der Waals surface area contributed by atoms with Gasteiger partial charge in [0.05, 0.1) is 31.5 Å². The Bertz CT molecular complexity index is 759. The van der Waals surface area contributed by atoms with Gasteiger partial charge in [-0.1, -0.05) is 30.7 Å². The van der Waals surface area contributed by atoms with E-state index in [4.69, 9.17) is 31.5 Å². The molecule has 1 unspecified atom stereocenters. The minimum absolute atomic E-state index is 0. The summed E-state index contributed by atoms with van der Waals surface area (Å²) < 4.78 is 16.4. The molecule has 2 rings (SSSR count). The first-order chi connectivity index (χ1) is 12.6. The molecule has 2 aromatic rings. The Hall–Kier alpha value is -1.87. The van der Waals surface area contributed by atoms with Gasteiger partial charge in [-0.15, -0.1) is 24.0 Å².